The van der Waals surface area contributed by atoms with Crippen LogP contribution in [0.2, 0.25) is 0 Å². The monoisotopic (exact) mass is 473 g/mol. The molecule has 0 radical (unpaired) electrons. The normalized spacial score (nSPS) is 14.5. The lowest BCUT2D eigenvalue weighted by Crippen LogP contribution is -2.46. The molecule has 1 aliphatic rings. The number of hydrogen-bond donors (Lipinski definition) is 1. The molecule has 2 aromatic carbocycles. The molecule has 8 heteroatoms. The first kappa shape index (κ1) is 23.0. The van der Waals surface area contributed by atoms with Crippen molar-refractivity contribution in [2.24, 2.45) is 0 Å². The third-order valence-corrected chi connectivity index (χ3v) is 6.65. The highest BCUT2D eigenvalue weighted by atomic mass is 19.1. The number of anilines is 2. The van der Waals surface area contributed by atoms with Gasteiger partial charge in [0.25, 0.3) is 11.6 Å². The quantitative estimate of drug-likeness (QED) is 0.438. The average molecular weight is 474 g/mol. The van der Waals surface area contributed by atoms with Crippen molar-refractivity contribution < 1.29 is 13.7 Å². The van der Waals surface area contributed by atoms with E-state index in [1.54, 1.807) is 31.2 Å². The molecule has 0 atom stereocenters. The molecule has 35 heavy (non-hydrogen) atoms. The van der Waals surface area contributed by atoms with Crippen LogP contribution in [0, 0.1) is 19.7 Å². The Kier molecular flexibility index (Phi) is 6.21. The van der Waals surface area contributed by atoms with Crippen LogP contribution < -0.4 is 10.2 Å². The number of piperazine rings is 1. The van der Waals surface area contributed by atoms with Crippen LogP contribution in [0.1, 0.15) is 28.5 Å². The predicted molar refractivity (Wildman–Crippen MR) is 135 cm³/mol. The number of pyridine rings is 1. The SMILES string of the molecule is CCN1CCN(c2ccc(NC(=O)c3cc(-c4ccccc4F)nc4onc(C)c34)c(C)c2)CC1. The lowest BCUT2D eigenvalue weighted by Gasteiger charge is -2.35. The summed E-state index contributed by atoms with van der Waals surface area (Å²) in [7, 11) is 0. The van der Waals surface area contributed by atoms with E-state index in [2.05, 4.69) is 38.2 Å². The maximum atomic E-state index is 14.5. The Morgan fingerprint density at radius 3 is 2.57 bits per heavy atom. The largest absolute Gasteiger partial charge is 0.369 e. The topological polar surface area (TPSA) is 74.5 Å². The Hall–Kier alpha value is -3.78. The summed E-state index contributed by atoms with van der Waals surface area (Å²) < 4.78 is 19.8. The number of carbonyl (C=O) groups is 1. The zero-order valence-corrected chi connectivity index (χ0v) is 20.1. The maximum absolute atomic E-state index is 14.5. The van der Waals surface area contributed by atoms with Gasteiger partial charge in [-0.15, -0.1) is 0 Å². The van der Waals surface area contributed by atoms with Gasteiger partial charge in [0.2, 0.25) is 0 Å². The molecule has 4 aromatic rings. The van der Waals surface area contributed by atoms with Crippen LogP contribution in [0.3, 0.4) is 0 Å². The summed E-state index contributed by atoms with van der Waals surface area (Å²) in [5.74, 6) is -0.748. The highest BCUT2D eigenvalue weighted by Crippen LogP contribution is 2.30. The lowest BCUT2D eigenvalue weighted by atomic mass is 10.0. The Labute approximate surface area is 203 Å². The number of nitrogens with zero attached hydrogens (tertiary/aromatic N) is 4. The zero-order chi connectivity index (χ0) is 24.5. The van der Waals surface area contributed by atoms with Gasteiger partial charge in [-0.05, 0) is 62.4 Å². The Balaban J connectivity index is 1.44. The number of halogens is 1. The number of fused-ring (bicyclic) bond motifs is 1. The van der Waals surface area contributed by atoms with Crippen molar-refractivity contribution in [3.8, 4) is 11.3 Å². The lowest BCUT2D eigenvalue weighted by molar-refractivity contribution is 0.102. The molecule has 3 heterocycles. The summed E-state index contributed by atoms with van der Waals surface area (Å²) >= 11 is 0. The molecule has 0 unspecified atom stereocenters. The Morgan fingerprint density at radius 2 is 1.86 bits per heavy atom. The van der Waals surface area contributed by atoms with E-state index in [0.29, 0.717) is 27.9 Å². The molecular formula is C27H28FN5O2. The first-order valence-electron chi connectivity index (χ1n) is 11.9. The molecule has 180 valence electrons. The number of carbonyl (C=O) groups excluding carboxylic acids is 1. The second-order valence-corrected chi connectivity index (χ2v) is 8.86. The summed E-state index contributed by atoms with van der Waals surface area (Å²) in [6.07, 6.45) is 0. The maximum Gasteiger partial charge on any atom is 0.259 e. The highest BCUT2D eigenvalue weighted by molar-refractivity contribution is 6.13. The van der Waals surface area contributed by atoms with Gasteiger partial charge in [0.05, 0.1) is 22.3 Å². The fourth-order valence-electron chi connectivity index (χ4n) is 4.58. The Bertz CT molecular complexity index is 1390. The standard InChI is InChI=1S/C27H28FN5O2/c1-4-32-11-13-33(14-12-32)19-9-10-23(17(2)15-19)29-26(34)21-16-24(20-7-5-6-8-22(20)28)30-27-25(21)18(3)31-35-27/h5-10,15-16H,4,11-14H2,1-3H3,(H,29,34). The van der Waals surface area contributed by atoms with E-state index in [1.807, 2.05) is 19.1 Å². The third-order valence-electron chi connectivity index (χ3n) is 6.65. The number of rotatable bonds is 5. The summed E-state index contributed by atoms with van der Waals surface area (Å²) in [5.41, 5.74) is 4.54. The van der Waals surface area contributed by atoms with E-state index in [4.69, 9.17) is 4.52 Å². The van der Waals surface area contributed by atoms with E-state index in [9.17, 15) is 9.18 Å². The van der Waals surface area contributed by atoms with Crippen molar-refractivity contribution in [1.82, 2.24) is 15.0 Å². The van der Waals surface area contributed by atoms with E-state index in [-0.39, 0.29) is 11.6 Å². The molecule has 1 aliphatic heterocycles. The molecule has 1 saturated heterocycles. The van der Waals surface area contributed by atoms with Gasteiger partial charge in [-0.3, -0.25) is 4.79 Å². The molecule has 0 saturated carbocycles. The van der Waals surface area contributed by atoms with Crippen LogP contribution in [0.25, 0.3) is 22.4 Å². The van der Waals surface area contributed by atoms with E-state index in [0.717, 1.165) is 49.7 Å². The fraction of sp³-hybridized carbons (Fsp3) is 0.296. The van der Waals surface area contributed by atoms with Gasteiger partial charge in [0.1, 0.15) is 5.82 Å². The number of likely N-dealkylation sites (N-methyl/N-ethyl adjacent to an activating group) is 1. The van der Waals surface area contributed by atoms with Gasteiger partial charge in [-0.1, -0.05) is 24.2 Å². The van der Waals surface area contributed by atoms with Crippen LogP contribution in [0.5, 0.6) is 0 Å². The molecule has 5 rings (SSSR count). The number of amides is 1. The van der Waals surface area contributed by atoms with E-state index >= 15 is 0 Å². The van der Waals surface area contributed by atoms with Crippen molar-refractivity contribution in [1.29, 1.82) is 0 Å². The molecular weight excluding hydrogens is 445 g/mol. The summed E-state index contributed by atoms with van der Waals surface area (Å²) in [6.45, 7) is 11.1. The minimum absolute atomic E-state index is 0.201. The van der Waals surface area contributed by atoms with Crippen molar-refractivity contribution in [3.05, 3.63) is 71.2 Å². The van der Waals surface area contributed by atoms with Crippen molar-refractivity contribution >= 4 is 28.4 Å². The number of benzene rings is 2. The molecule has 7 nitrogen and oxygen atoms in total. The zero-order valence-electron chi connectivity index (χ0n) is 20.1. The number of hydrogen-bond acceptors (Lipinski definition) is 6. The number of nitrogens with one attached hydrogen (secondary N) is 1. The fourth-order valence-corrected chi connectivity index (χ4v) is 4.58. The molecule has 2 aromatic heterocycles. The highest BCUT2D eigenvalue weighted by Gasteiger charge is 2.22. The van der Waals surface area contributed by atoms with Crippen LogP contribution in [-0.4, -0.2) is 53.7 Å². The Morgan fingerprint density at radius 1 is 1.09 bits per heavy atom. The smallest absolute Gasteiger partial charge is 0.259 e. The van der Waals surface area contributed by atoms with Crippen molar-refractivity contribution in [2.75, 3.05) is 42.9 Å². The number of aryl methyl sites for hydroxylation is 2. The number of aromatic nitrogens is 2. The molecule has 0 aliphatic carbocycles. The first-order valence-corrected chi connectivity index (χ1v) is 11.9. The summed E-state index contributed by atoms with van der Waals surface area (Å²) in [4.78, 5) is 22.7. The van der Waals surface area contributed by atoms with Gasteiger partial charge in [-0.25, -0.2) is 9.37 Å². The van der Waals surface area contributed by atoms with Crippen molar-refractivity contribution in [3.63, 3.8) is 0 Å². The second kappa shape index (κ2) is 9.46. The minimum atomic E-state index is -0.423. The third kappa shape index (κ3) is 4.49. The van der Waals surface area contributed by atoms with Crippen LogP contribution in [0.15, 0.2) is 53.1 Å². The molecule has 1 amide bonds. The van der Waals surface area contributed by atoms with Gasteiger partial charge in [0, 0.05) is 43.1 Å². The average Bonchev–Trinajstić information content (AvgIpc) is 3.25. The second-order valence-electron chi connectivity index (χ2n) is 8.86. The van der Waals surface area contributed by atoms with Gasteiger partial charge >= 0.3 is 0 Å². The van der Waals surface area contributed by atoms with Crippen LogP contribution in [-0.2, 0) is 0 Å². The van der Waals surface area contributed by atoms with E-state index in [1.165, 1.54) is 6.07 Å². The minimum Gasteiger partial charge on any atom is -0.369 e. The first-order chi connectivity index (χ1) is 16.9. The van der Waals surface area contributed by atoms with Gasteiger partial charge < -0.3 is 19.6 Å². The predicted octanol–water partition coefficient (Wildman–Crippen LogP) is 5.04. The summed E-state index contributed by atoms with van der Waals surface area (Å²) in [5, 5.41) is 7.51. The summed E-state index contributed by atoms with van der Waals surface area (Å²) in [6, 6.07) is 14.0. The molecule has 0 spiro atoms. The van der Waals surface area contributed by atoms with E-state index < -0.39 is 5.82 Å². The van der Waals surface area contributed by atoms with Gasteiger partial charge in [-0.2, -0.15) is 0 Å². The van der Waals surface area contributed by atoms with Gasteiger partial charge in [0.15, 0.2) is 0 Å². The van der Waals surface area contributed by atoms with Crippen LogP contribution in [0.4, 0.5) is 15.8 Å². The van der Waals surface area contributed by atoms with Crippen LogP contribution >= 0.6 is 0 Å². The van der Waals surface area contributed by atoms with Crippen molar-refractivity contribution in [2.45, 2.75) is 20.8 Å². The molecule has 0 bridgehead atoms. The molecule has 1 N–H and O–H groups in total. The molecule has 1 fully saturated rings.